The van der Waals surface area contributed by atoms with Crippen LogP contribution in [0.25, 0.3) is 0 Å². The molecule has 0 aromatic carbocycles. The minimum absolute atomic E-state index is 0.185. The van der Waals surface area contributed by atoms with E-state index in [0.29, 0.717) is 0 Å². The van der Waals surface area contributed by atoms with Gasteiger partial charge in [-0.3, -0.25) is 0 Å². The van der Waals surface area contributed by atoms with Gasteiger partial charge in [0.1, 0.15) is 0 Å². The van der Waals surface area contributed by atoms with Crippen LogP contribution in [0.2, 0.25) is 0 Å². The Hall–Kier alpha value is -0.790. The fourth-order valence-electron chi connectivity index (χ4n) is 1.82. The lowest BCUT2D eigenvalue weighted by Crippen LogP contribution is -2.17. The van der Waals surface area contributed by atoms with Crippen molar-refractivity contribution in [2.45, 2.75) is 52.0 Å². The zero-order chi connectivity index (χ0) is 10.2. The number of nitrogens with zero attached hydrogens (tertiary/aromatic N) is 2. The second-order valence-corrected chi connectivity index (χ2v) is 5.50. The van der Waals surface area contributed by atoms with Gasteiger partial charge in [-0.15, -0.1) is 0 Å². The first kappa shape index (κ1) is 9.75. The van der Waals surface area contributed by atoms with Crippen LogP contribution in [0.4, 0.5) is 0 Å². The van der Waals surface area contributed by atoms with Crippen molar-refractivity contribution in [3.63, 3.8) is 0 Å². The van der Waals surface area contributed by atoms with Crippen molar-refractivity contribution in [3.05, 3.63) is 18.2 Å². The van der Waals surface area contributed by atoms with E-state index < -0.39 is 0 Å². The predicted molar refractivity (Wildman–Crippen MR) is 58.3 cm³/mol. The third-order valence-corrected chi connectivity index (χ3v) is 3.10. The smallest absolute Gasteiger partial charge is 0.0949 e. The highest BCUT2D eigenvalue weighted by Gasteiger charge is 2.20. The van der Waals surface area contributed by atoms with Crippen molar-refractivity contribution in [2.75, 3.05) is 0 Å². The highest BCUT2D eigenvalue weighted by atomic mass is 15.0. The molecule has 0 bridgehead atoms. The lowest BCUT2D eigenvalue weighted by molar-refractivity contribution is 0.276. The van der Waals surface area contributed by atoms with Crippen LogP contribution < -0.4 is 0 Å². The molecule has 0 saturated heterocycles. The summed E-state index contributed by atoms with van der Waals surface area (Å²) in [5.41, 5.74) is 1.39. The third kappa shape index (κ3) is 1.99. The largest absolute Gasteiger partial charge is 0.337 e. The number of rotatable bonds is 2. The normalized spacial score (nSPS) is 18.2. The molecule has 2 heteroatoms. The molecule has 0 N–H and O–H groups in total. The van der Waals surface area contributed by atoms with Gasteiger partial charge in [-0.05, 0) is 18.8 Å². The Morgan fingerprint density at radius 1 is 1.43 bits per heavy atom. The molecule has 1 aromatic rings. The standard InChI is InChI=1S/C12H20N2/c1-12(2,3)11-8-14(9-13-11)7-10-5-4-6-10/h8-10H,4-7H2,1-3H3. The molecule has 0 aliphatic heterocycles. The van der Waals surface area contributed by atoms with Crippen LogP contribution in [0.1, 0.15) is 45.7 Å². The molecular formula is C12H20N2. The van der Waals surface area contributed by atoms with E-state index in [1.54, 1.807) is 0 Å². The van der Waals surface area contributed by atoms with Gasteiger partial charge in [-0.2, -0.15) is 0 Å². The summed E-state index contributed by atoms with van der Waals surface area (Å²) in [7, 11) is 0. The Morgan fingerprint density at radius 3 is 2.57 bits per heavy atom. The maximum atomic E-state index is 4.46. The summed E-state index contributed by atoms with van der Waals surface area (Å²) in [5.74, 6) is 0.914. The maximum Gasteiger partial charge on any atom is 0.0949 e. The van der Waals surface area contributed by atoms with Gasteiger partial charge >= 0.3 is 0 Å². The van der Waals surface area contributed by atoms with Gasteiger partial charge in [-0.1, -0.05) is 27.2 Å². The van der Waals surface area contributed by atoms with E-state index in [1.165, 1.54) is 31.5 Å². The van der Waals surface area contributed by atoms with Crippen LogP contribution in [0, 0.1) is 5.92 Å². The first-order chi connectivity index (χ1) is 6.55. The van der Waals surface area contributed by atoms with Gasteiger partial charge in [0.25, 0.3) is 0 Å². The molecule has 0 spiro atoms. The van der Waals surface area contributed by atoms with E-state index >= 15 is 0 Å². The second kappa shape index (κ2) is 3.41. The molecule has 0 amide bonds. The summed E-state index contributed by atoms with van der Waals surface area (Å²) in [6.45, 7) is 7.80. The average Bonchev–Trinajstić information content (AvgIpc) is 2.43. The molecule has 0 atom stereocenters. The van der Waals surface area contributed by atoms with Crippen LogP contribution in [0.15, 0.2) is 12.5 Å². The molecule has 14 heavy (non-hydrogen) atoms. The molecule has 1 heterocycles. The Morgan fingerprint density at radius 2 is 2.14 bits per heavy atom. The molecule has 2 nitrogen and oxygen atoms in total. The van der Waals surface area contributed by atoms with Gasteiger partial charge in [0.15, 0.2) is 0 Å². The van der Waals surface area contributed by atoms with Crippen molar-refractivity contribution < 1.29 is 0 Å². The first-order valence-electron chi connectivity index (χ1n) is 5.58. The van der Waals surface area contributed by atoms with Gasteiger partial charge in [0.05, 0.1) is 12.0 Å². The zero-order valence-corrected chi connectivity index (χ0v) is 9.45. The van der Waals surface area contributed by atoms with Gasteiger partial charge in [-0.25, -0.2) is 4.98 Å². The topological polar surface area (TPSA) is 17.8 Å². The molecule has 1 aliphatic rings. The average molecular weight is 192 g/mol. The van der Waals surface area contributed by atoms with Crippen molar-refractivity contribution in [3.8, 4) is 0 Å². The van der Waals surface area contributed by atoms with Crippen LogP contribution in [-0.2, 0) is 12.0 Å². The number of hydrogen-bond donors (Lipinski definition) is 0. The summed E-state index contributed by atoms with van der Waals surface area (Å²) in [4.78, 5) is 4.46. The van der Waals surface area contributed by atoms with Crippen molar-refractivity contribution >= 4 is 0 Å². The zero-order valence-electron chi connectivity index (χ0n) is 9.45. The van der Waals surface area contributed by atoms with E-state index in [-0.39, 0.29) is 5.41 Å². The maximum absolute atomic E-state index is 4.46. The first-order valence-corrected chi connectivity index (χ1v) is 5.58. The Balaban J connectivity index is 2.02. The van der Waals surface area contributed by atoms with E-state index in [0.717, 1.165) is 5.92 Å². The Bertz CT molecular complexity index is 302. The summed E-state index contributed by atoms with van der Waals surface area (Å²) in [6.07, 6.45) is 8.43. The quantitative estimate of drug-likeness (QED) is 0.704. The van der Waals surface area contributed by atoms with E-state index in [9.17, 15) is 0 Å². The van der Waals surface area contributed by atoms with Crippen LogP contribution in [-0.4, -0.2) is 9.55 Å². The van der Waals surface area contributed by atoms with E-state index in [1.807, 2.05) is 6.33 Å². The Labute approximate surface area is 86.3 Å². The van der Waals surface area contributed by atoms with Crippen LogP contribution in [0.3, 0.4) is 0 Å². The van der Waals surface area contributed by atoms with Crippen molar-refractivity contribution in [1.29, 1.82) is 0 Å². The van der Waals surface area contributed by atoms with E-state index in [2.05, 4.69) is 36.5 Å². The summed E-state index contributed by atoms with van der Waals surface area (Å²) in [5, 5.41) is 0. The van der Waals surface area contributed by atoms with E-state index in [4.69, 9.17) is 0 Å². The lowest BCUT2D eigenvalue weighted by atomic mass is 9.85. The summed E-state index contributed by atoms with van der Waals surface area (Å²) in [6, 6.07) is 0. The SMILES string of the molecule is CC(C)(C)c1cn(CC2CCC2)cn1. The second-order valence-electron chi connectivity index (χ2n) is 5.50. The van der Waals surface area contributed by atoms with Crippen molar-refractivity contribution in [1.82, 2.24) is 9.55 Å². The number of aromatic nitrogens is 2. The lowest BCUT2D eigenvalue weighted by Gasteiger charge is -2.25. The van der Waals surface area contributed by atoms with Gasteiger partial charge in [0, 0.05) is 18.2 Å². The third-order valence-electron chi connectivity index (χ3n) is 3.10. The van der Waals surface area contributed by atoms with Crippen LogP contribution in [0.5, 0.6) is 0 Å². The summed E-state index contributed by atoms with van der Waals surface area (Å²) >= 11 is 0. The summed E-state index contributed by atoms with van der Waals surface area (Å²) < 4.78 is 2.25. The Kier molecular flexibility index (Phi) is 2.38. The minimum atomic E-state index is 0.185. The highest BCUT2D eigenvalue weighted by molar-refractivity contribution is 5.09. The number of imidazole rings is 1. The minimum Gasteiger partial charge on any atom is -0.337 e. The molecule has 1 saturated carbocycles. The fraction of sp³-hybridized carbons (Fsp3) is 0.750. The molecule has 0 radical (unpaired) electrons. The predicted octanol–water partition coefficient (Wildman–Crippen LogP) is 2.98. The van der Waals surface area contributed by atoms with Crippen LogP contribution >= 0.6 is 0 Å². The van der Waals surface area contributed by atoms with Crippen molar-refractivity contribution in [2.24, 2.45) is 5.92 Å². The molecule has 1 aromatic heterocycles. The molecule has 1 aliphatic carbocycles. The molecule has 78 valence electrons. The van der Waals surface area contributed by atoms with Gasteiger partial charge in [0.2, 0.25) is 0 Å². The van der Waals surface area contributed by atoms with Gasteiger partial charge < -0.3 is 4.57 Å². The molecule has 1 fully saturated rings. The monoisotopic (exact) mass is 192 g/mol. The highest BCUT2D eigenvalue weighted by Crippen LogP contribution is 2.28. The molecular weight excluding hydrogens is 172 g/mol. The molecule has 0 unspecified atom stereocenters. The fourth-order valence-corrected chi connectivity index (χ4v) is 1.82. The molecule has 2 rings (SSSR count). The number of hydrogen-bond acceptors (Lipinski definition) is 1.